The Morgan fingerprint density at radius 1 is 0.536 bits per heavy atom. The Kier molecular flexibility index (Phi) is 5.35. The van der Waals surface area contributed by atoms with Gasteiger partial charge in [0.15, 0.2) is 0 Å². The second-order valence-corrected chi connectivity index (χ2v) is 9.41. The molecule has 2 saturated carbocycles. The monoisotopic (exact) mass is 392 g/mol. The molecule has 5 rings (SSSR count). The summed E-state index contributed by atoms with van der Waals surface area (Å²) in [5.74, 6) is 0.520. The average molecular weight is 392 g/mol. The van der Waals surface area contributed by atoms with Crippen LogP contribution in [0.15, 0.2) is 0 Å². The van der Waals surface area contributed by atoms with Crippen molar-refractivity contribution >= 4 is 11.9 Å². The molecule has 3 heterocycles. The molecular formula is C22H32O6. The van der Waals surface area contributed by atoms with E-state index < -0.39 is 0 Å². The van der Waals surface area contributed by atoms with Crippen LogP contribution in [-0.2, 0) is 28.5 Å². The van der Waals surface area contributed by atoms with Gasteiger partial charge in [0.1, 0.15) is 12.2 Å². The smallest absolute Gasteiger partial charge is 0.306 e. The van der Waals surface area contributed by atoms with Gasteiger partial charge in [-0.2, -0.15) is 0 Å². The van der Waals surface area contributed by atoms with Gasteiger partial charge in [-0.25, -0.2) is 0 Å². The molecule has 0 radical (unpaired) electrons. The Balaban J connectivity index is 1.27. The number of cyclic esters (lactones) is 2. The summed E-state index contributed by atoms with van der Waals surface area (Å²) in [5.41, 5.74) is 0. The highest BCUT2D eigenvalue weighted by Crippen LogP contribution is 2.44. The van der Waals surface area contributed by atoms with E-state index in [1.165, 1.54) is 0 Å². The SMILES string of the molecule is O=C1CCCCC(=O)OC(C2CCC3OC3C2)CCC(C2CCC3OC3C2)O1. The van der Waals surface area contributed by atoms with Crippen LogP contribution in [0.4, 0.5) is 0 Å². The number of ether oxygens (including phenoxy) is 4. The number of carbonyl (C=O) groups excluding carboxylic acids is 2. The molecule has 8 atom stereocenters. The average Bonchev–Trinajstić information content (AvgIpc) is 3.59. The number of carbonyl (C=O) groups is 2. The van der Waals surface area contributed by atoms with Crippen LogP contribution in [0.3, 0.4) is 0 Å². The number of epoxide rings is 2. The van der Waals surface area contributed by atoms with Crippen LogP contribution in [0.1, 0.15) is 77.0 Å². The first-order valence-corrected chi connectivity index (χ1v) is 11.4. The molecule has 6 nitrogen and oxygen atoms in total. The summed E-state index contributed by atoms with van der Waals surface area (Å²) in [6, 6.07) is 0. The number of fused-ring (bicyclic) bond motifs is 2. The molecule has 156 valence electrons. The van der Waals surface area contributed by atoms with Gasteiger partial charge in [-0.1, -0.05) is 0 Å². The molecule has 8 unspecified atom stereocenters. The normalized spacial score (nSPS) is 46.7. The molecule has 3 aliphatic heterocycles. The Morgan fingerprint density at radius 3 is 1.39 bits per heavy atom. The van der Waals surface area contributed by atoms with E-state index in [1.807, 2.05) is 0 Å². The minimum Gasteiger partial charge on any atom is -0.462 e. The summed E-state index contributed by atoms with van der Waals surface area (Å²) < 4.78 is 23.3. The van der Waals surface area contributed by atoms with E-state index in [2.05, 4.69) is 0 Å². The van der Waals surface area contributed by atoms with E-state index in [-0.39, 0.29) is 24.1 Å². The topological polar surface area (TPSA) is 77.7 Å². The van der Waals surface area contributed by atoms with E-state index in [9.17, 15) is 9.59 Å². The van der Waals surface area contributed by atoms with Crippen LogP contribution in [0.25, 0.3) is 0 Å². The highest BCUT2D eigenvalue weighted by molar-refractivity contribution is 5.71. The van der Waals surface area contributed by atoms with Crippen LogP contribution in [0.2, 0.25) is 0 Å². The number of hydrogen-bond donors (Lipinski definition) is 0. The lowest BCUT2D eigenvalue weighted by Crippen LogP contribution is -2.35. The second-order valence-electron chi connectivity index (χ2n) is 9.41. The van der Waals surface area contributed by atoms with Crippen molar-refractivity contribution < 1.29 is 28.5 Å². The van der Waals surface area contributed by atoms with Crippen molar-refractivity contribution in [3.8, 4) is 0 Å². The van der Waals surface area contributed by atoms with Crippen molar-refractivity contribution in [3.63, 3.8) is 0 Å². The van der Waals surface area contributed by atoms with Gasteiger partial charge < -0.3 is 18.9 Å². The quantitative estimate of drug-likeness (QED) is 0.530. The van der Waals surface area contributed by atoms with Gasteiger partial charge in [0.25, 0.3) is 0 Å². The van der Waals surface area contributed by atoms with Crippen LogP contribution in [0.5, 0.6) is 0 Å². The summed E-state index contributed by atoms with van der Waals surface area (Å²) >= 11 is 0. The molecule has 0 N–H and O–H groups in total. The molecule has 28 heavy (non-hydrogen) atoms. The Hall–Kier alpha value is -1.14. The second kappa shape index (κ2) is 7.94. The number of rotatable bonds is 2. The zero-order valence-corrected chi connectivity index (χ0v) is 16.6. The third kappa shape index (κ3) is 4.38. The lowest BCUT2D eigenvalue weighted by atomic mass is 9.80. The Bertz CT molecular complexity index is 554. The van der Waals surface area contributed by atoms with Crippen molar-refractivity contribution in [2.75, 3.05) is 0 Å². The van der Waals surface area contributed by atoms with Gasteiger partial charge in [0.05, 0.1) is 24.4 Å². The van der Waals surface area contributed by atoms with E-state index >= 15 is 0 Å². The molecule has 5 aliphatic rings. The van der Waals surface area contributed by atoms with Gasteiger partial charge in [-0.3, -0.25) is 9.59 Å². The molecular weight excluding hydrogens is 360 g/mol. The maximum absolute atomic E-state index is 12.4. The van der Waals surface area contributed by atoms with Crippen molar-refractivity contribution in [1.29, 1.82) is 0 Å². The van der Waals surface area contributed by atoms with Crippen LogP contribution < -0.4 is 0 Å². The summed E-state index contributed by atoms with van der Waals surface area (Å²) in [6.07, 6.45) is 11.4. The maximum Gasteiger partial charge on any atom is 0.306 e. The minimum atomic E-state index is -0.110. The first-order valence-electron chi connectivity index (χ1n) is 11.4. The summed E-state index contributed by atoms with van der Waals surface area (Å²) in [7, 11) is 0. The van der Waals surface area contributed by atoms with Crippen LogP contribution in [0, 0.1) is 11.8 Å². The standard InChI is InChI=1S/C22H32O6/c23-21-3-1-2-4-22(24)28-16(14-6-8-18-20(12-14)26-18)10-9-15(27-21)13-5-7-17-19(11-13)25-17/h13-20H,1-12H2. The summed E-state index contributed by atoms with van der Waals surface area (Å²) in [4.78, 5) is 24.7. The van der Waals surface area contributed by atoms with Gasteiger partial charge in [0.2, 0.25) is 0 Å². The largest absolute Gasteiger partial charge is 0.462 e. The summed E-state index contributed by atoms with van der Waals surface area (Å²) in [5, 5.41) is 0. The fourth-order valence-electron chi connectivity index (χ4n) is 5.65. The highest BCUT2D eigenvalue weighted by atomic mass is 16.6. The number of hydrogen-bond acceptors (Lipinski definition) is 6. The van der Waals surface area contributed by atoms with E-state index in [0.29, 0.717) is 61.9 Å². The molecule has 0 amide bonds. The van der Waals surface area contributed by atoms with Crippen molar-refractivity contribution in [2.24, 2.45) is 11.8 Å². The number of esters is 2. The Morgan fingerprint density at radius 2 is 0.964 bits per heavy atom. The first kappa shape index (κ1) is 18.9. The lowest BCUT2D eigenvalue weighted by Gasteiger charge is -2.33. The minimum absolute atomic E-state index is 0.0770. The predicted molar refractivity (Wildman–Crippen MR) is 99.5 cm³/mol. The van der Waals surface area contributed by atoms with Crippen LogP contribution >= 0.6 is 0 Å². The molecule has 3 saturated heterocycles. The molecule has 0 aromatic heterocycles. The van der Waals surface area contributed by atoms with Crippen molar-refractivity contribution in [3.05, 3.63) is 0 Å². The fraction of sp³-hybridized carbons (Fsp3) is 0.909. The molecule has 6 heteroatoms. The molecule has 5 fully saturated rings. The predicted octanol–water partition coefficient (Wildman–Crippen LogP) is 3.30. The zero-order chi connectivity index (χ0) is 19.1. The lowest BCUT2D eigenvalue weighted by molar-refractivity contribution is -0.159. The third-order valence-electron chi connectivity index (χ3n) is 7.45. The van der Waals surface area contributed by atoms with Gasteiger partial charge in [-0.05, 0) is 76.0 Å². The zero-order valence-electron chi connectivity index (χ0n) is 16.6. The fourth-order valence-corrected chi connectivity index (χ4v) is 5.65. The Labute approximate surface area is 166 Å². The molecule has 0 aromatic carbocycles. The first-order chi connectivity index (χ1) is 13.7. The third-order valence-corrected chi connectivity index (χ3v) is 7.45. The molecule has 0 bridgehead atoms. The molecule has 2 aliphatic carbocycles. The van der Waals surface area contributed by atoms with E-state index in [4.69, 9.17) is 18.9 Å². The van der Waals surface area contributed by atoms with Gasteiger partial charge >= 0.3 is 11.9 Å². The molecule has 0 aromatic rings. The maximum atomic E-state index is 12.4. The van der Waals surface area contributed by atoms with Crippen molar-refractivity contribution in [2.45, 2.75) is 114 Å². The van der Waals surface area contributed by atoms with Gasteiger partial charge in [0, 0.05) is 12.8 Å². The highest BCUT2D eigenvalue weighted by Gasteiger charge is 2.48. The van der Waals surface area contributed by atoms with E-state index in [1.54, 1.807) is 0 Å². The van der Waals surface area contributed by atoms with Crippen LogP contribution in [-0.4, -0.2) is 48.6 Å². The van der Waals surface area contributed by atoms with Gasteiger partial charge in [-0.15, -0.1) is 0 Å². The van der Waals surface area contributed by atoms with Crippen molar-refractivity contribution in [1.82, 2.24) is 0 Å². The van der Waals surface area contributed by atoms with E-state index in [0.717, 1.165) is 51.4 Å². The molecule has 0 spiro atoms. The summed E-state index contributed by atoms with van der Waals surface area (Å²) in [6.45, 7) is 0.